The van der Waals surface area contributed by atoms with Gasteiger partial charge in [0.25, 0.3) is 5.91 Å². The van der Waals surface area contributed by atoms with Crippen molar-refractivity contribution >= 4 is 40.9 Å². The van der Waals surface area contributed by atoms with Gasteiger partial charge in [0.15, 0.2) is 5.76 Å². The Kier molecular flexibility index (Phi) is 7.49. The molecule has 4 amide bonds. The van der Waals surface area contributed by atoms with E-state index in [0.29, 0.717) is 55.7 Å². The van der Waals surface area contributed by atoms with Crippen molar-refractivity contribution in [2.45, 2.75) is 12.5 Å². The van der Waals surface area contributed by atoms with Gasteiger partial charge in [-0.3, -0.25) is 24.1 Å². The molecule has 1 aromatic carbocycles. The first-order valence-electron chi connectivity index (χ1n) is 11.1. The Bertz CT molecular complexity index is 1050. The molecule has 1 aromatic heterocycles. The van der Waals surface area contributed by atoms with Gasteiger partial charge in [-0.1, -0.05) is 23.7 Å². The highest BCUT2D eigenvalue weighted by Crippen LogP contribution is 2.21. The Morgan fingerprint density at radius 2 is 1.82 bits per heavy atom. The van der Waals surface area contributed by atoms with Crippen LogP contribution in [0.5, 0.6) is 0 Å². The highest BCUT2D eigenvalue weighted by Gasteiger charge is 2.35. The van der Waals surface area contributed by atoms with E-state index in [-0.39, 0.29) is 30.7 Å². The fourth-order valence-corrected chi connectivity index (χ4v) is 4.29. The largest absolute Gasteiger partial charge is 0.459 e. The molecule has 0 aliphatic carbocycles. The number of carbonyl (C=O) groups is 4. The molecule has 0 bridgehead atoms. The molecular weight excluding hydrogens is 462 g/mol. The third-order valence-corrected chi connectivity index (χ3v) is 6.26. The van der Waals surface area contributed by atoms with Gasteiger partial charge in [0.1, 0.15) is 6.04 Å². The van der Waals surface area contributed by atoms with E-state index < -0.39 is 11.9 Å². The summed E-state index contributed by atoms with van der Waals surface area (Å²) in [5, 5.41) is 5.82. The lowest BCUT2D eigenvalue weighted by Crippen LogP contribution is -2.60. The Morgan fingerprint density at radius 1 is 1.06 bits per heavy atom. The van der Waals surface area contributed by atoms with E-state index in [4.69, 9.17) is 16.0 Å². The van der Waals surface area contributed by atoms with E-state index in [1.807, 2.05) is 4.90 Å². The fourth-order valence-electron chi connectivity index (χ4n) is 4.10. The van der Waals surface area contributed by atoms with Gasteiger partial charge in [-0.25, -0.2) is 0 Å². The zero-order chi connectivity index (χ0) is 24.1. The molecule has 11 heteroatoms. The van der Waals surface area contributed by atoms with Crippen LogP contribution in [0.3, 0.4) is 0 Å². The molecule has 0 saturated carbocycles. The van der Waals surface area contributed by atoms with Crippen molar-refractivity contribution in [3.05, 3.63) is 53.4 Å². The van der Waals surface area contributed by atoms with Gasteiger partial charge in [-0.15, -0.1) is 0 Å². The topological polar surface area (TPSA) is 115 Å². The summed E-state index contributed by atoms with van der Waals surface area (Å²) in [5.74, 6) is -0.869. The molecule has 180 valence electrons. The number of amides is 4. The van der Waals surface area contributed by atoms with E-state index in [9.17, 15) is 19.2 Å². The maximum atomic E-state index is 13.1. The molecule has 2 aliphatic rings. The molecule has 34 heavy (non-hydrogen) atoms. The molecule has 3 heterocycles. The number of furan rings is 1. The third-order valence-electron chi connectivity index (χ3n) is 5.93. The van der Waals surface area contributed by atoms with E-state index in [2.05, 4.69) is 10.6 Å². The van der Waals surface area contributed by atoms with Crippen molar-refractivity contribution in [2.24, 2.45) is 0 Å². The number of hydrogen-bond donors (Lipinski definition) is 2. The molecule has 2 fully saturated rings. The molecule has 10 nitrogen and oxygen atoms in total. The Hall–Kier alpha value is -3.37. The first kappa shape index (κ1) is 23.8. The van der Waals surface area contributed by atoms with Crippen molar-refractivity contribution in [3.8, 4) is 0 Å². The maximum absolute atomic E-state index is 13.1. The minimum absolute atomic E-state index is 0.110. The molecule has 2 N–H and O–H groups in total. The van der Waals surface area contributed by atoms with Gasteiger partial charge in [-0.05, 0) is 24.3 Å². The van der Waals surface area contributed by atoms with Crippen LogP contribution >= 0.6 is 11.6 Å². The average Bonchev–Trinajstić information content (AvgIpc) is 3.37. The predicted molar refractivity (Wildman–Crippen MR) is 124 cm³/mol. The fraction of sp³-hybridized carbons (Fsp3) is 0.391. The number of rotatable bonds is 6. The molecule has 2 saturated heterocycles. The van der Waals surface area contributed by atoms with Crippen LogP contribution in [-0.4, -0.2) is 90.2 Å². The van der Waals surface area contributed by atoms with Crippen LogP contribution in [-0.2, 0) is 14.4 Å². The van der Waals surface area contributed by atoms with Gasteiger partial charge in [0.05, 0.1) is 29.9 Å². The average molecular weight is 488 g/mol. The summed E-state index contributed by atoms with van der Waals surface area (Å²) in [6.45, 7) is 2.75. The van der Waals surface area contributed by atoms with Crippen LogP contribution in [0.1, 0.15) is 17.0 Å². The standard InChI is InChI=1S/C23H26ClN5O5/c24-16-4-1-2-5-17(16)26-20(30)14-18-22(32)25-7-8-29(18)21(31)15-27-9-11-28(12-10-27)23(33)19-6-3-13-34-19/h1-6,13,18H,7-12,14-15H2,(H,25,32)(H,26,30). The maximum Gasteiger partial charge on any atom is 0.289 e. The summed E-state index contributed by atoms with van der Waals surface area (Å²) >= 11 is 6.09. The second-order valence-corrected chi connectivity index (χ2v) is 8.58. The first-order chi connectivity index (χ1) is 16.4. The summed E-state index contributed by atoms with van der Waals surface area (Å²) in [6, 6.07) is 9.21. The van der Waals surface area contributed by atoms with Crippen molar-refractivity contribution in [2.75, 3.05) is 51.1 Å². The molecule has 2 aliphatic heterocycles. The predicted octanol–water partition coefficient (Wildman–Crippen LogP) is 1.05. The molecule has 2 aromatic rings. The van der Waals surface area contributed by atoms with Crippen LogP contribution in [0.15, 0.2) is 47.1 Å². The second kappa shape index (κ2) is 10.7. The lowest BCUT2D eigenvalue weighted by Gasteiger charge is -2.38. The summed E-state index contributed by atoms with van der Waals surface area (Å²) in [4.78, 5) is 55.7. The van der Waals surface area contributed by atoms with Gasteiger partial charge in [-0.2, -0.15) is 0 Å². The Balaban J connectivity index is 1.32. The molecular formula is C23H26ClN5O5. The number of para-hydroxylation sites is 1. The van der Waals surface area contributed by atoms with Gasteiger partial charge >= 0.3 is 0 Å². The molecule has 1 unspecified atom stereocenters. The van der Waals surface area contributed by atoms with Gasteiger partial charge in [0, 0.05) is 39.3 Å². The lowest BCUT2D eigenvalue weighted by atomic mass is 10.1. The number of piperazine rings is 2. The molecule has 4 rings (SSSR count). The number of halogens is 1. The normalized spacial score (nSPS) is 19.0. The Labute approximate surface area is 201 Å². The highest BCUT2D eigenvalue weighted by molar-refractivity contribution is 6.33. The smallest absolute Gasteiger partial charge is 0.289 e. The lowest BCUT2D eigenvalue weighted by molar-refractivity contribution is -0.145. The number of anilines is 1. The Morgan fingerprint density at radius 3 is 2.53 bits per heavy atom. The van der Waals surface area contributed by atoms with Crippen LogP contribution in [0.4, 0.5) is 5.69 Å². The summed E-state index contributed by atoms with van der Waals surface area (Å²) in [5.41, 5.74) is 0.449. The van der Waals surface area contributed by atoms with E-state index in [0.717, 1.165) is 0 Å². The monoisotopic (exact) mass is 487 g/mol. The van der Waals surface area contributed by atoms with E-state index in [1.165, 1.54) is 11.2 Å². The minimum Gasteiger partial charge on any atom is -0.459 e. The second-order valence-electron chi connectivity index (χ2n) is 8.17. The van der Waals surface area contributed by atoms with Crippen LogP contribution < -0.4 is 10.6 Å². The minimum atomic E-state index is -0.898. The number of nitrogens with one attached hydrogen (secondary N) is 2. The van der Waals surface area contributed by atoms with Gasteiger partial charge in [0.2, 0.25) is 17.7 Å². The summed E-state index contributed by atoms with van der Waals surface area (Å²) < 4.78 is 5.17. The van der Waals surface area contributed by atoms with Crippen molar-refractivity contribution in [3.63, 3.8) is 0 Å². The molecule has 0 radical (unpaired) electrons. The third kappa shape index (κ3) is 5.57. The van der Waals surface area contributed by atoms with E-state index in [1.54, 1.807) is 41.3 Å². The van der Waals surface area contributed by atoms with Crippen molar-refractivity contribution in [1.29, 1.82) is 0 Å². The van der Waals surface area contributed by atoms with Crippen LogP contribution in [0.25, 0.3) is 0 Å². The van der Waals surface area contributed by atoms with Crippen LogP contribution in [0.2, 0.25) is 5.02 Å². The van der Waals surface area contributed by atoms with Crippen molar-refractivity contribution < 1.29 is 23.6 Å². The van der Waals surface area contributed by atoms with E-state index >= 15 is 0 Å². The number of benzene rings is 1. The molecule has 1 atom stereocenters. The quantitative estimate of drug-likeness (QED) is 0.629. The first-order valence-corrected chi connectivity index (χ1v) is 11.5. The van der Waals surface area contributed by atoms with Crippen LogP contribution in [0, 0.1) is 0 Å². The summed E-state index contributed by atoms with van der Waals surface area (Å²) in [7, 11) is 0. The zero-order valence-corrected chi connectivity index (χ0v) is 19.3. The molecule has 0 spiro atoms. The highest BCUT2D eigenvalue weighted by atomic mass is 35.5. The van der Waals surface area contributed by atoms with Crippen molar-refractivity contribution in [1.82, 2.24) is 20.0 Å². The number of hydrogen-bond acceptors (Lipinski definition) is 6. The summed E-state index contributed by atoms with van der Waals surface area (Å²) in [6.07, 6.45) is 1.29. The number of carbonyl (C=O) groups excluding carboxylic acids is 4. The SMILES string of the molecule is O=C(CC1C(=O)NCCN1C(=O)CN1CCN(C(=O)c2ccco2)CC1)Nc1ccccc1Cl. The zero-order valence-electron chi connectivity index (χ0n) is 18.5. The number of nitrogens with zero attached hydrogens (tertiary/aromatic N) is 3. The van der Waals surface area contributed by atoms with Gasteiger partial charge < -0.3 is 24.9 Å².